The number of hydrogen-bond acceptors (Lipinski definition) is 4. The highest BCUT2D eigenvalue weighted by molar-refractivity contribution is 6.00. The number of amides is 1. The zero-order valence-corrected chi connectivity index (χ0v) is 12.5. The van der Waals surface area contributed by atoms with Crippen molar-refractivity contribution in [3.63, 3.8) is 0 Å². The molecule has 0 saturated heterocycles. The van der Waals surface area contributed by atoms with E-state index in [-0.39, 0.29) is 11.9 Å². The minimum Gasteiger partial charge on any atom is -0.399 e. The van der Waals surface area contributed by atoms with Crippen LogP contribution in [0.5, 0.6) is 0 Å². The van der Waals surface area contributed by atoms with Crippen molar-refractivity contribution in [2.75, 3.05) is 30.8 Å². The number of carbonyl (C=O) groups excluding carboxylic acids is 1. The van der Waals surface area contributed by atoms with E-state index in [2.05, 4.69) is 10.6 Å². The van der Waals surface area contributed by atoms with Crippen LogP contribution in [0.3, 0.4) is 0 Å². The van der Waals surface area contributed by atoms with Crippen LogP contribution in [0.25, 0.3) is 0 Å². The van der Waals surface area contributed by atoms with E-state index in [1.165, 1.54) is 0 Å². The van der Waals surface area contributed by atoms with Gasteiger partial charge in [0, 0.05) is 37.2 Å². The van der Waals surface area contributed by atoms with Gasteiger partial charge in [0.05, 0.1) is 5.56 Å². The van der Waals surface area contributed by atoms with Gasteiger partial charge in [-0.1, -0.05) is 0 Å². The molecule has 20 heavy (non-hydrogen) atoms. The van der Waals surface area contributed by atoms with E-state index in [0.29, 0.717) is 17.9 Å². The average Bonchev–Trinajstić information content (AvgIpc) is 2.39. The summed E-state index contributed by atoms with van der Waals surface area (Å²) >= 11 is 0. The average molecular weight is 279 g/mol. The number of carbonyl (C=O) groups is 1. The molecule has 0 unspecified atom stereocenters. The number of rotatable bonds is 8. The molecule has 5 heteroatoms. The van der Waals surface area contributed by atoms with Crippen molar-refractivity contribution in [3.8, 4) is 0 Å². The van der Waals surface area contributed by atoms with Gasteiger partial charge in [0.25, 0.3) is 5.91 Å². The number of benzene rings is 1. The molecule has 1 aromatic rings. The Bertz CT molecular complexity index is 433. The molecule has 5 nitrogen and oxygen atoms in total. The number of nitrogens with one attached hydrogen (secondary N) is 2. The van der Waals surface area contributed by atoms with Gasteiger partial charge in [-0.3, -0.25) is 4.79 Å². The summed E-state index contributed by atoms with van der Waals surface area (Å²) in [7, 11) is 0. The van der Waals surface area contributed by atoms with E-state index in [9.17, 15) is 4.79 Å². The van der Waals surface area contributed by atoms with Gasteiger partial charge in [-0.25, -0.2) is 0 Å². The first-order valence-electron chi connectivity index (χ1n) is 7.06. The number of hydrogen-bond donors (Lipinski definition) is 3. The first-order chi connectivity index (χ1) is 9.54. The molecule has 0 spiro atoms. The zero-order valence-electron chi connectivity index (χ0n) is 12.5. The van der Waals surface area contributed by atoms with Gasteiger partial charge in [-0.15, -0.1) is 0 Å². The molecule has 0 bridgehead atoms. The second-order valence-corrected chi connectivity index (χ2v) is 4.91. The summed E-state index contributed by atoms with van der Waals surface area (Å²) in [4.78, 5) is 12.1. The second kappa shape index (κ2) is 8.43. The maximum atomic E-state index is 12.1. The molecule has 0 aromatic heterocycles. The second-order valence-electron chi connectivity index (χ2n) is 4.91. The van der Waals surface area contributed by atoms with Crippen molar-refractivity contribution >= 4 is 17.3 Å². The SMILES string of the molecule is CCOCCCNc1ccc(N)cc1C(=O)NC(C)C. The Morgan fingerprint density at radius 2 is 2.15 bits per heavy atom. The third-order valence-electron chi connectivity index (χ3n) is 2.69. The Balaban J connectivity index is 2.67. The Labute approximate surface area is 120 Å². The quantitative estimate of drug-likeness (QED) is 0.504. The molecule has 112 valence electrons. The lowest BCUT2D eigenvalue weighted by Crippen LogP contribution is -2.30. The Kier molecular flexibility index (Phi) is 6.87. The molecular formula is C15H25N3O2. The van der Waals surface area contributed by atoms with Crippen molar-refractivity contribution in [1.29, 1.82) is 0 Å². The summed E-state index contributed by atoms with van der Waals surface area (Å²) in [6.45, 7) is 8.03. The molecule has 1 rings (SSSR count). The van der Waals surface area contributed by atoms with Crippen LogP contribution in [0.4, 0.5) is 11.4 Å². The number of ether oxygens (including phenoxy) is 1. The maximum Gasteiger partial charge on any atom is 0.253 e. The molecule has 0 heterocycles. The van der Waals surface area contributed by atoms with E-state index < -0.39 is 0 Å². The molecule has 0 aliphatic heterocycles. The number of anilines is 2. The zero-order chi connectivity index (χ0) is 15.0. The minimum absolute atomic E-state index is 0.0923. The van der Waals surface area contributed by atoms with Gasteiger partial charge >= 0.3 is 0 Å². The molecule has 0 saturated carbocycles. The lowest BCUT2D eigenvalue weighted by atomic mass is 10.1. The van der Waals surface area contributed by atoms with E-state index in [4.69, 9.17) is 10.5 Å². The van der Waals surface area contributed by atoms with Gasteiger partial charge in [0.1, 0.15) is 0 Å². The summed E-state index contributed by atoms with van der Waals surface area (Å²) in [5.74, 6) is -0.111. The molecule has 1 amide bonds. The monoisotopic (exact) mass is 279 g/mol. The van der Waals surface area contributed by atoms with Crippen LogP contribution >= 0.6 is 0 Å². The first-order valence-corrected chi connectivity index (χ1v) is 7.06. The summed E-state index contributed by atoms with van der Waals surface area (Å²) in [6, 6.07) is 5.42. The van der Waals surface area contributed by atoms with Crippen molar-refractivity contribution in [2.24, 2.45) is 0 Å². The van der Waals surface area contributed by atoms with Crippen LogP contribution in [-0.2, 0) is 4.74 Å². The van der Waals surface area contributed by atoms with E-state index in [1.54, 1.807) is 12.1 Å². The molecule has 0 atom stereocenters. The van der Waals surface area contributed by atoms with Crippen LogP contribution in [0, 0.1) is 0 Å². The fraction of sp³-hybridized carbons (Fsp3) is 0.533. The van der Waals surface area contributed by atoms with E-state index in [1.807, 2.05) is 26.8 Å². The molecule has 0 fully saturated rings. The summed E-state index contributed by atoms with van der Waals surface area (Å²) in [6.07, 6.45) is 0.892. The summed E-state index contributed by atoms with van der Waals surface area (Å²) in [5.41, 5.74) is 7.72. The van der Waals surface area contributed by atoms with Crippen molar-refractivity contribution in [1.82, 2.24) is 5.32 Å². The summed E-state index contributed by atoms with van der Waals surface area (Å²) in [5, 5.41) is 6.14. The molecule has 1 aromatic carbocycles. The van der Waals surface area contributed by atoms with Crippen LogP contribution < -0.4 is 16.4 Å². The highest BCUT2D eigenvalue weighted by Crippen LogP contribution is 2.19. The third-order valence-corrected chi connectivity index (χ3v) is 2.69. The fourth-order valence-corrected chi connectivity index (χ4v) is 1.79. The predicted octanol–water partition coefficient (Wildman–Crippen LogP) is 2.25. The molecular weight excluding hydrogens is 254 g/mol. The van der Waals surface area contributed by atoms with Gasteiger partial charge < -0.3 is 21.1 Å². The third kappa shape index (κ3) is 5.48. The Hall–Kier alpha value is -1.75. The van der Waals surface area contributed by atoms with Crippen molar-refractivity contribution in [3.05, 3.63) is 23.8 Å². The van der Waals surface area contributed by atoms with E-state index in [0.717, 1.165) is 25.3 Å². The predicted molar refractivity (Wildman–Crippen MR) is 83.1 cm³/mol. The first kappa shape index (κ1) is 16.3. The fourth-order valence-electron chi connectivity index (χ4n) is 1.79. The normalized spacial score (nSPS) is 10.6. The largest absolute Gasteiger partial charge is 0.399 e. The number of nitrogen functional groups attached to an aromatic ring is 1. The van der Waals surface area contributed by atoms with Crippen LogP contribution in [0.15, 0.2) is 18.2 Å². The highest BCUT2D eigenvalue weighted by Gasteiger charge is 2.12. The Morgan fingerprint density at radius 1 is 1.40 bits per heavy atom. The molecule has 4 N–H and O–H groups in total. The minimum atomic E-state index is -0.111. The lowest BCUT2D eigenvalue weighted by Gasteiger charge is -2.14. The standard InChI is InChI=1S/C15H25N3O2/c1-4-20-9-5-8-17-14-7-6-12(16)10-13(14)15(19)18-11(2)3/h6-7,10-11,17H,4-5,8-9,16H2,1-3H3,(H,18,19). The van der Waals surface area contributed by atoms with Crippen molar-refractivity contribution in [2.45, 2.75) is 33.2 Å². The van der Waals surface area contributed by atoms with Gasteiger partial charge in [0.2, 0.25) is 0 Å². The van der Waals surface area contributed by atoms with Crippen molar-refractivity contribution < 1.29 is 9.53 Å². The highest BCUT2D eigenvalue weighted by atomic mass is 16.5. The Morgan fingerprint density at radius 3 is 2.80 bits per heavy atom. The van der Waals surface area contributed by atoms with E-state index >= 15 is 0 Å². The number of nitrogens with two attached hydrogens (primary N) is 1. The smallest absolute Gasteiger partial charge is 0.253 e. The van der Waals surface area contributed by atoms with Crippen LogP contribution in [0.2, 0.25) is 0 Å². The van der Waals surface area contributed by atoms with Gasteiger partial charge in [0.15, 0.2) is 0 Å². The van der Waals surface area contributed by atoms with Gasteiger partial charge in [-0.05, 0) is 45.4 Å². The molecule has 0 aliphatic rings. The van der Waals surface area contributed by atoms with Crippen LogP contribution in [0.1, 0.15) is 37.6 Å². The van der Waals surface area contributed by atoms with Gasteiger partial charge in [-0.2, -0.15) is 0 Å². The molecule has 0 aliphatic carbocycles. The molecule has 0 radical (unpaired) electrons. The lowest BCUT2D eigenvalue weighted by molar-refractivity contribution is 0.0944. The summed E-state index contributed by atoms with van der Waals surface area (Å²) < 4.78 is 5.28. The topological polar surface area (TPSA) is 76.4 Å². The maximum absolute atomic E-state index is 12.1. The van der Waals surface area contributed by atoms with Crippen LogP contribution in [-0.4, -0.2) is 31.7 Å².